The van der Waals surface area contributed by atoms with E-state index < -0.39 is 0 Å². The molecule has 0 aliphatic carbocycles. The summed E-state index contributed by atoms with van der Waals surface area (Å²) in [4.78, 5) is 10.8. The third-order valence-electron chi connectivity index (χ3n) is 2.04. The van der Waals surface area contributed by atoms with Crippen LogP contribution in [0.4, 0.5) is 0 Å². The normalized spacial score (nSPS) is 11.2. The van der Waals surface area contributed by atoms with Crippen molar-refractivity contribution in [3.05, 3.63) is 23.8 Å². The Labute approximate surface area is 89.7 Å². The van der Waals surface area contributed by atoms with Gasteiger partial charge in [-0.1, -0.05) is 20.8 Å². The highest BCUT2D eigenvalue weighted by Crippen LogP contribution is 2.33. The van der Waals surface area contributed by atoms with E-state index in [2.05, 4.69) is 0 Å². The Morgan fingerprint density at radius 1 is 1.33 bits per heavy atom. The summed E-state index contributed by atoms with van der Waals surface area (Å²) in [6.45, 7) is 7.31. The van der Waals surface area contributed by atoms with Gasteiger partial charge in [0.25, 0.3) is 0 Å². The molecular formula is C12H16O3. The molecule has 0 atom stereocenters. The summed E-state index contributed by atoms with van der Waals surface area (Å²) in [6, 6.07) is 4.81. The molecule has 1 N–H and O–H groups in total. The molecule has 15 heavy (non-hydrogen) atoms. The predicted molar refractivity (Wildman–Crippen MR) is 58.1 cm³/mol. The quantitative estimate of drug-likeness (QED) is 0.570. The Bertz CT molecular complexity index is 375. The summed E-state index contributed by atoms with van der Waals surface area (Å²) in [5.74, 6) is 0.323. The molecular weight excluding hydrogens is 192 g/mol. The van der Waals surface area contributed by atoms with Crippen molar-refractivity contribution in [2.75, 3.05) is 0 Å². The van der Waals surface area contributed by atoms with Crippen molar-refractivity contribution in [3.63, 3.8) is 0 Å². The molecule has 0 aliphatic heterocycles. The molecule has 0 unspecified atom stereocenters. The van der Waals surface area contributed by atoms with Crippen molar-refractivity contribution < 1.29 is 14.6 Å². The summed E-state index contributed by atoms with van der Waals surface area (Å²) in [6.07, 6.45) is 0. The van der Waals surface area contributed by atoms with Gasteiger partial charge in [-0.05, 0) is 23.6 Å². The lowest BCUT2D eigenvalue weighted by Crippen LogP contribution is -2.12. The summed E-state index contributed by atoms with van der Waals surface area (Å²) in [5, 5.41) is 9.66. The van der Waals surface area contributed by atoms with Crippen LogP contribution in [0.15, 0.2) is 18.2 Å². The van der Waals surface area contributed by atoms with E-state index in [4.69, 9.17) is 4.74 Å². The second-order valence-electron chi connectivity index (χ2n) is 4.52. The molecule has 0 saturated carbocycles. The molecule has 0 aliphatic rings. The Balaban J connectivity index is 3.11. The molecule has 0 bridgehead atoms. The average Bonchev–Trinajstić information content (AvgIpc) is 2.05. The molecule has 0 aromatic heterocycles. The van der Waals surface area contributed by atoms with Gasteiger partial charge in [-0.25, -0.2) is 0 Å². The maximum absolute atomic E-state index is 10.8. The van der Waals surface area contributed by atoms with Gasteiger partial charge in [0.1, 0.15) is 11.5 Å². The lowest BCUT2D eigenvalue weighted by Gasteiger charge is -2.20. The molecule has 3 heteroatoms. The number of hydrogen-bond donors (Lipinski definition) is 1. The Kier molecular flexibility index (Phi) is 3.03. The molecule has 1 aromatic rings. The maximum atomic E-state index is 10.8. The number of phenolic OH excluding ortho intramolecular Hbond substituents is 1. The fraction of sp³-hybridized carbons (Fsp3) is 0.417. The van der Waals surface area contributed by atoms with Gasteiger partial charge in [0.15, 0.2) is 0 Å². The summed E-state index contributed by atoms with van der Waals surface area (Å²) < 4.78 is 4.96. The van der Waals surface area contributed by atoms with Crippen LogP contribution < -0.4 is 4.74 Å². The monoisotopic (exact) mass is 208 g/mol. The summed E-state index contributed by atoms with van der Waals surface area (Å²) in [5.41, 5.74) is 0.585. The molecule has 3 nitrogen and oxygen atoms in total. The van der Waals surface area contributed by atoms with Crippen molar-refractivity contribution in [1.29, 1.82) is 0 Å². The number of benzene rings is 1. The Morgan fingerprint density at radius 3 is 2.40 bits per heavy atom. The van der Waals surface area contributed by atoms with Gasteiger partial charge in [-0.15, -0.1) is 0 Å². The second-order valence-corrected chi connectivity index (χ2v) is 4.52. The SMILES string of the molecule is CC(=O)Oc1ccc(O)c(C(C)(C)C)c1. The number of hydrogen-bond acceptors (Lipinski definition) is 3. The fourth-order valence-corrected chi connectivity index (χ4v) is 1.35. The third-order valence-corrected chi connectivity index (χ3v) is 2.04. The van der Waals surface area contributed by atoms with E-state index in [9.17, 15) is 9.90 Å². The smallest absolute Gasteiger partial charge is 0.308 e. The largest absolute Gasteiger partial charge is 0.508 e. The zero-order valence-corrected chi connectivity index (χ0v) is 9.50. The first-order chi connectivity index (χ1) is 6.80. The van der Waals surface area contributed by atoms with Gasteiger partial charge < -0.3 is 9.84 Å². The number of carbonyl (C=O) groups is 1. The minimum absolute atomic E-state index is 0.180. The third kappa shape index (κ3) is 2.98. The van der Waals surface area contributed by atoms with Crippen LogP contribution in [0.25, 0.3) is 0 Å². The summed E-state index contributed by atoms with van der Waals surface area (Å²) >= 11 is 0. The highest BCUT2D eigenvalue weighted by molar-refractivity contribution is 5.69. The highest BCUT2D eigenvalue weighted by Gasteiger charge is 2.18. The van der Waals surface area contributed by atoms with E-state index in [0.29, 0.717) is 5.75 Å². The van der Waals surface area contributed by atoms with Crippen LogP contribution in [-0.2, 0) is 10.2 Å². The van der Waals surface area contributed by atoms with Crippen LogP contribution >= 0.6 is 0 Å². The number of ether oxygens (including phenoxy) is 1. The molecule has 1 aromatic carbocycles. The standard InChI is InChI=1S/C12H16O3/c1-8(13)15-9-5-6-11(14)10(7-9)12(2,3)4/h5-7,14H,1-4H3. The molecule has 0 radical (unpaired) electrons. The van der Waals surface area contributed by atoms with E-state index >= 15 is 0 Å². The summed E-state index contributed by atoms with van der Waals surface area (Å²) in [7, 11) is 0. The van der Waals surface area contributed by atoms with Crippen LogP contribution in [0, 0.1) is 0 Å². The van der Waals surface area contributed by atoms with E-state index in [-0.39, 0.29) is 17.1 Å². The Morgan fingerprint density at radius 2 is 1.93 bits per heavy atom. The van der Waals surface area contributed by atoms with Crippen LogP contribution in [0.3, 0.4) is 0 Å². The first-order valence-electron chi connectivity index (χ1n) is 4.82. The zero-order valence-electron chi connectivity index (χ0n) is 9.50. The maximum Gasteiger partial charge on any atom is 0.308 e. The van der Waals surface area contributed by atoms with Gasteiger partial charge in [-0.3, -0.25) is 4.79 Å². The molecule has 0 spiro atoms. The molecule has 0 saturated heterocycles. The molecule has 82 valence electrons. The molecule has 0 fully saturated rings. The highest BCUT2D eigenvalue weighted by atomic mass is 16.5. The van der Waals surface area contributed by atoms with E-state index in [1.54, 1.807) is 18.2 Å². The van der Waals surface area contributed by atoms with Crippen LogP contribution in [0.5, 0.6) is 11.5 Å². The number of rotatable bonds is 1. The minimum atomic E-state index is -0.361. The van der Waals surface area contributed by atoms with Gasteiger partial charge in [-0.2, -0.15) is 0 Å². The fourth-order valence-electron chi connectivity index (χ4n) is 1.35. The van der Waals surface area contributed by atoms with E-state index in [0.717, 1.165) is 5.56 Å². The van der Waals surface area contributed by atoms with Gasteiger partial charge >= 0.3 is 5.97 Å². The first kappa shape index (κ1) is 11.6. The van der Waals surface area contributed by atoms with Crippen molar-refractivity contribution in [2.24, 2.45) is 0 Å². The lowest BCUT2D eigenvalue weighted by molar-refractivity contribution is -0.131. The second kappa shape index (κ2) is 3.93. The van der Waals surface area contributed by atoms with Crippen LogP contribution in [0.1, 0.15) is 33.3 Å². The lowest BCUT2D eigenvalue weighted by atomic mass is 9.86. The van der Waals surface area contributed by atoms with E-state index in [1.807, 2.05) is 20.8 Å². The number of carbonyl (C=O) groups excluding carboxylic acids is 1. The first-order valence-corrected chi connectivity index (χ1v) is 4.82. The molecule has 1 rings (SSSR count). The number of esters is 1. The van der Waals surface area contributed by atoms with Crippen molar-refractivity contribution in [2.45, 2.75) is 33.1 Å². The molecule has 0 amide bonds. The van der Waals surface area contributed by atoms with Crippen LogP contribution in [-0.4, -0.2) is 11.1 Å². The number of phenols is 1. The van der Waals surface area contributed by atoms with Gasteiger partial charge in [0.05, 0.1) is 0 Å². The van der Waals surface area contributed by atoms with Gasteiger partial charge in [0, 0.05) is 12.5 Å². The van der Waals surface area contributed by atoms with Crippen LogP contribution in [0.2, 0.25) is 0 Å². The van der Waals surface area contributed by atoms with Gasteiger partial charge in [0.2, 0.25) is 0 Å². The zero-order chi connectivity index (χ0) is 11.6. The minimum Gasteiger partial charge on any atom is -0.508 e. The van der Waals surface area contributed by atoms with E-state index in [1.165, 1.54) is 6.92 Å². The van der Waals surface area contributed by atoms with Crippen molar-refractivity contribution in [3.8, 4) is 11.5 Å². The molecule has 0 heterocycles. The Hall–Kier alpha value is -1.51. The average molecular weight is 208 g/mol. The topological polar surface area (TPSA) is 46.5 Å². The van der Waals surface area contributed by atoms with Crippen molar-refractivity contribution in [1.82, 2.24) is 0 Å². The number of aromatic hydroxyl groups is 1. The van der Waals surface area contributed by atoms with Crippen molar-refractivity contribution >= 4 is 5.97 Å². The predicted octanol–water partition coefficient (Wildman–Crippen LogP) is 2.62.